The third-order valence-electron chi connectivity index (χ3n) is 3.25. The average molecular weight is 258 g/mol. The first-order valence-corrected chi connectivity index (χ1v) is 5.84. The van der Waals surface area contributed by atoms with E-state index in [1.807, 2.05) is 0 Å². The highest BCUT2D eigenvalue weighted by Gasteiger charge is 2.59. The first-order chi connectivity index (χ1) is 8.30. The van der Waals surface area contributed by atoms with Gasteiger partial charge in [0.2, 0.25) is 0 Å². The lowest BCUT2D eigenvalue weighted by Gasteiger charge is -2.25. The Morgan fingerprint density at radius 3 is 2.72 bits per heavy atom. The summed E-state index contributed by atoms with van der Waals surface area (Å²) in [5.74, 6) is -1.64. The zero-order valence-corrected chi connectivity index (χ0v) is 10.5. The van der Waals surface area contributed by atoms with Crippen molar-refractivity contribution in [3.05, 3.63) is 12.7 Å². The molecule has 18 heavy (non-hydrogen) atoms. The number of esters is 1. The highest BCUT2D eigenvalue weighted by atomic mass is 16.8. The number of aliphatic hydroxyl groups excluding tert-OH is 1. The molecule has 0 saturated carbocycles. The minimum absolute atomic E-state index is 0.0690. The van der Waals surface area contributed by atoms with Gasteiger partial charge in [0.25, 0.3) is 0 Å². The van der Waals surface area contributed by atoms with E-state index in [4.69, 9.17) is 14.2 Å². The van der Waals surface area contributed by atoms with Gasteiger partial charge in [-0.15, -0.1) is 6.58 Å². The van der Waals surface area contributed by atoms with Crippen LogP contribution in [0.5, 0.6) is 0 Å². The van der Waals surface area contributed by atoms with Crippen molar-refractivity contribution in [2.45, 2.75) is 50.0 Å². The minimum atomic E-state index is -1.94. The van der Waals surface area contributed by atoms with E-state index in [-0.39, 0.29) is 13.0 Å². The molecule has 0 amide bonds. The van der Waals surface area contributed by atoms with E-state index in [1.54, 1.807) is 13.8 Å². The van der Waals surface area contributed by atoms with Gasteiger partial charge < -0.3 is 24.4 Å². The van der Waals surface area contributed by atoms with E-state index in [0.29, 0.717) is 0 Å². The lowest BCUT2D eigenvalue weighted by Crippen LogP contribution is -2.48. The van der Waals surface area contributed by atoms with Gasteiger partial charge in [-0.2, -0.15) is 0 Å². The smallest absolute Gasteiger partial charge is 0.341 e. The van der Waals surface area contributed by atoms with E-state index in [0.717, 1.165) is 0 Å². The third-order valence-corrected chi connectivity index (χ3v) is 3.25. The summed E-state index contributed by atoms with van der Waals surface area (Å²) in [6, 6.07) is 0. The average Bonchev–Trinajstić information content (AvgIpc) is 2.73. The Hall–Kier alpha value is -0.950. The van der Waals surface area contributed by atoms with E-state index in [1.165, 1.54) is 6.08 Å². The number of carbonyl (C=O) groups is 1. The second kappa shape index (κ2) is 4.31. The molecular weight excluding hydrogens is 240 g/mol. The summed E-state index contributed by atoms with van der Waals surface area (Å²) in [4.78, 5) is 11.6. The van der Waals surface area contributed by atoms with Gasteiger partial charge in [-0.25, -0.2) is 4.79 Å². The van der Waals surface area contributed by atoms with Crippen LogP contribution in [0.1, 0.15) is 20.3 Å². The Morgan fingerprint density at radius 2 is 2.22 bits per heavy atom. The molecule has 2 heterocycles. The minimum Gasteiger partial charge on any atom is -0.454 e. The lowest BCUT2D eigenvalue weighted by molar-refractivity contribution is -0.166. The molecule has 4 atom stereocenters. The number of aliphatic hydroxyl groups is 2. The van der Waals surface area contributed by atoms with Crippen LogP contribution in [-0.4, -0.2) is 52.5 Å². The summed E-state index contributed by atoms with van der Waals surface area (Å²) in [5, 5.41) is 20.2. The zero-order valence-electron chi connectivity index (χ0n) is 10.5. The Balaban J connectivity index is 2.13. The van der Waals surface area contributed by atoms with Crippen LogP contribution < -0.4 is 0 Å². The van der Waals surface area contributed by atoms with Crippen molar-refractivity contribution in [2.75, 3.05) is 6.61 Å². The van der Waals surface area contributed by atoms with Crippen LogP contribution in [0, 0.1) is 0 Å². The van der Waals surface area contributed by atoms with Crippen molar-refractivity contribution in [1.82, 2.24) is 0 Å². The highest BCUT2D eigenvalue weighted by Crippen LogP contribution is 2.35. The van der Waals surface area contributed by atoms with Crippen molar-refractivity contribution in [3.63, 3.8) is 0 Å². The van der Waals surface area contributed by atoms with Crippen LogP contribution in [0.25, 0.3) is 0 Å². The molecule has 0 aromatic rings. The summed E-state index contributed by atoms with van der Waals surface area (Å²) in [6.45, 7) is 7.11. The van der Waals surface area contributed by atoms with Gasteiger partial charge in [-0.3, -0.25) is 0 Å². The fourth-order valence-corrected chi connectivity index (χ4v) is 2.26. The fraction of sp³-hybridized carbons (Fsp3) is 0.750. The molecule has 0 bridgehead atoms. The van der Waals surface area contributed by atoms with Crippen molar-refractivity contribution in [2.24, 2.45) is 0 Å². The SMILES string of the molecule is C=CC[C@@]1(O)C(=O)O[C@H]([C@@H]2COC(C)(C)O2)[C@@H]1O. The van der Waals surface area contributed by atoms with Crippen LogP contribution in [-0.2, 0) is 19.0 Å². The van der Waals surface area contributed by atoms with Gasteiger partial charge in [-0.05, 0) is 13.8 Å². The molecule has 2 N–H and O–H groups in total. The Kier molecular flexibility index (Phi) is 3.23. The lowest BCUT2D eigenvalue weighted by atomic mass is 9.90. The van der Waals surface area contributed by atoms with E-state index >= 15 is 0 Å². The standard InChI is InChI=1S/C12H18O6/c1-4-5-12(15)9(13)8(17-10(12)14)7-6-16-11(2,3)18-7/h4,7-9,13,15H,1,5-6H2,2-3H3/t7-,8+,9-,12-/m0/s1. The second-order valence-electron chi connectivity index (χ2n) is 5.10. The summed E-state index contributed by atoms with van der Waals surface area (Å²) in [5.41, 5.74) is -1.94. The molecule has 0 aromatic carbocycles. The number of hydrogen-bond donors (Lipinski definition) is 2. The van der Waals surface area contributed by atoms with Crippen LogP contribution in [0.3, 0.4) is 0 Å². The highest BCUT2D eigenvalue weighted by molar-refractivity contribution is 5.83. The Bertz CT molecular complexity index is 366. The molecule has 0 aliphatic carbocycles. The first-order valence-electron chi connectivity index (χ1n) is 5.84. The molecule has 0 aromatic heterocycles. The molecule has 0 spiro atoms. The number of rotatable bonds is 3. The number of cyclic esters (lactones) is 1. The largest absolute Gasteiger partial charge is 0.454 e. The molecule has 2 aliphatic heterocycles. The predicted octanol–water partition coefficient (Wildman–Crippen LogP) is -0.269. The van der Waals surface area contributed by atoms with E-state index in [2.05, 4.69) is 6.58 Å². The van der Waals surface area contributed by atoms with Crippen molar-refractivity contribution < 1.29 is 29.2 Å². The molecule has 2 saturated heterocycles. The fourth-order valence-electron chi connectivity index (χ4n) is 2.26. The number of carbonyl (C=O) groups excluding carboxylic acids is 1. The quantitative estimate of drug-likeness (QED) is 0.535. The molecule has 0 unspecified atom stereocenters. The molecular formula is C12H18O6. The summed E-state index contributed by atoms with van der Waals surface area (Å²) in [6.07, 6.45) is -1.57. The molecule has 6 heteroatoms. The summed E-state index contributed by atoms with van der Waals surface area (Å²) < 4.78 is 15.9. The van der Waals surface area contributed by atoms with Crippen LogP contribution in [0.4, 0.5) is 0 Å². The van der Waals surface area contributed by atoms with Gasteiger partial charge in [0, 0.05) is 6.42 Å². The first kappa shape index (κ1) is 13.5. The predicted molar refractivity (Wildman–Crippen MR) is 60.6 cm³/mol. The van der Waals surface area contributed by atoms with E-state index < -0.39 is 35.7 Å². The Morgan fingerprint density at radius 1 is 1.56 bits per heavy atom. The molecule has 2 rings (SSSR count). The van der Waals surface area contributed by atoms with Crippen LogP contribution >= 0.6 is 0 Å². The van der Waals surface area contributed by atoms with Gasteiger partial charge in [-0.1, -0.05) is 6.08 Å². The number of hydrogen-bond acceptors (Lipinski definition) is 6. The second-order valence-corrected chi connectivity index (χ2v) is 5.10. The van der Waals surface area contributed by atoms with Gasteiger partial charge in [0.1, 0.15) is 12.2 Å². The maximum absolute atomic E-state index is 11.6. The van der Waals surface area contributed by atoms with Crippen molar-refractivity contribution in [3.8, 4) is 0 Å². The summed E-state index contributed by atoms with van der Waals surface area (Å²) >= 11 is 0. The van der Waals surface area contributed by atoms with Crippen molar-refractivity contribution in [1.29, 1.82) is 0 Å². The van der Waals surface area contributed by atoms with Crippen LogP contribution in [0.15, 0.2) is 12.7 Å². The van der Waals surface area contributed by atoms with Gasteiger partial charge in [0.15, 0.2) is 17.5 Å². The zero-order chi connectivity index (χ0) is 13.6. The Labute approximate surface area is 105 Å². The van der Waals surface area contributed by atoms with Crippen molar-refractivity contribution >= 4 is 5.97 Å². The van der Waals surface area contributed by atoms with Gasteiger partial charge in [0.05, 0.1) is 6.61 Å². The van der Waals surface area contributed by atoms with Gasteiger partial charge >= 0.3 is 5.97 Å². The van der Waals surface area contributed by atoms with E-state index in [9.17, 15) is 15.0 Å². The maximum atomic E-state index is 11.6. The molecule has 102 valence electrons. The molecule has 2 fully saturated rings. The number of ether oxygens (including phenoxy) is 3. The third kappa shape index (κ3) is 2.05. The molecule has 2 aliphatic rings. The maximum Gasteiger partial charge on any atom is 0.341 e. The molecule has 0 radical (unpaired) electrons. The monoisotopic (exact) mass is 258 g/mol. The van der Waals surface area contributed by atoms with Crippen LogP contribution in [0.2, 0.25) is 0 Å². The molecule has 6 nitrogen and oxygen atoms in total. The normalized spacial score (nSPS) is 42.9. The summed E-state index contributed by atoms with van der Waals surface area (Å²) in [7, 11) is 0. The topological polar surface area (TPSA) is 85.2 Å².